The maximum absolute atomic E-state index is 12.9. The number of aryl methyl sites for hydroxylation is 1. The number of sulfonamides is 1. The van der Waals surface area contributed by atoms with E-state index in [2.05, 4.69) is 14.9 Å². The van der Waals surface area contributed by atoms with Crippen LogP contribution in [-0.2, 0) is 10.0 Å². The van der Waals surface area contributed by atoms with Crippen molar-refractivity contribution in [2.45, 2.75) is 48.5 Å². The van der Waals surface area contributed by atoms with Crippen LogP contribution in [0.15, 0.2) is 28.7 Å². The summed E-state index contributed by atoms with van der Waals surface area (Å²) in [6.07, 6.45) is 6.80. The van der Waals surface area contributed by atoms with Crippen molar-refractivity contribution in [3.63, 3.8) is 0 Å². The molecule has 0 bridgehead atoms. The van der Waals surface area contributed by atoms with Gasteiger partial charge in [0, 0.05) is 49.4 Å². The Morgan fingerprint density at radius 1 is 1.14 bits per heavy atom. The molecule has 2 saturated heterocycles. The van der Waals surface area contributed by atoms with Gasteiger partial charge in [0.25, 0.3) is 10.0 Å². The highest BCUT2D eigenvalue weighted by atomic mass is 32.2. The van der Waals surface area contributed by atoms with Crippen LogP contribution >= 0.6 is 11.3 Å². The van der Waals surface area contributed by atoms with Crippen molar-refractivity contribution in [2.75, 3.05) is 26.2 Å². The third-order valence-electron chi connectivity index (χ3n) is 5.78. The summed E-state index contributed by atoms with van der Waals surface area (Å²) in [7, 11) is -3.40. The highest BCUT2D eigenvalue weighted by Gasteiger charge is 2.41. The molecule has 2 aliphatic heterocycles. The highest BCUT2D eigenvalue weighted by Crippen LogP contribution is 2.38. The molecule has 0 spiro atoms. The van der Waals surface area contributed by atoms with Crippen molar-refractivity contribution in [1.82, 2.24) is 19.2 Å². The smallest absolute Gasteiger partial charge is 0.252 e. The molecule has 1 saturated carbocycles. The van der Waals surface area contributed by atoms with E-state index < -0.39 is 10.0 Å². The lowest BCUT2D eigenvalue weighted by molar-refractivity contribution is 0.151. The molecule has 0 unspecified atom stereocenters. The van der Waals surface area contributed by atoms with Gasteiger partial charge in [-0.05, 0) is 31.9 Å². The molecule has 4 heterocycles. The molecule has 5 rings (SSSR count). The maximum Gasteiger partial charge on any atom is 0.252 e. The lowest BCUT2D eigenvalue weighted by Crippen LogP contribution is -2.51. The lowest BCUT2D eigenvalue weighted by Gasteiger charge is -2.35. The molecule has 3 fully saturated rings. The van der Waals surface area contributed by atoms with Crippen LogP contribution in [0.1, 0.15) is 35.8 Å². The van der Waals surface area contributed by atoms with Gasteiger partial charge in [0.2, 0.25) is 5.88 Å². The van der Waals surface area contributed by atoms with Crippen LogP contribution in [0.5, 0.6) is 5.88 Å². The first-order valence-corrected chi connectivity index (χ1v) is 12.0. The third-order valence-corrected chi connectivity index (χ3v) is 9.11. The second-order valence-electron chi connectivity index (χ2n) is 7.91. The molecule has 0 N–H and O–H groups in total. The molecule has 2 atom stereocenters. The summed E-state index contributed by atoms with van der Waals surface area (Å²) >= 11 is 1.34. The predicted octanol–water partition coefficient (Wildman–Crippen LogP) is 2.25. The minimum Gasteiger partial charge on any atom is -0.472 e. The Morgan fingerprint density at radius 2 is 2.00 bits per heavy atom. The van der Waals surface area contributed by atoms with E-state index in [9.17, 15) is 8.42 Å². The Labute approximate surface area is 169 Å². The number of fused-ring (bicyclic) bond motifs is 1. The molecule has 3 aliphatic rings. The van der Waals surface area contributed by atoms with E-state index in [0.717, 1.165) is 30.1 Å². The standard InChI is InChI=1S/C19H24N4O3S2/c1-13-2-5-19(27-13)28(24,25)23-7-6-22-12-16(8-15(22)11-23)26-18-10-20-17(9-21-18)14-3-4-14/h2,5,9-10,14-16H,3-4,6-8,11-12H2,1H3/t15-,16-/m0/s1. The molecule has 9 heteroatoms. The van der Waals surface area contributed by atoms with Crippen molar-refractivity contribution >= 4 is 21.4 Å². The van der Waals surface area contributed by atoms with E-state index in [1.54, 1.807) is 16.6 Å². The number of rotatable bonds is 5. The molecule has 0 radical (unpaired) electrons. The monoisotopic (exact) mass is 420 g/mol. The van der Waals surface area contributed by atoms with Gasteiger partial charge in [-0.2, -0.15) is 4.31 Å². The summed E-state index contributed by atoms with van der Waals surface area (Å²) < 4.78 is 34.0. The Hall–Kier alpha value is -1.55. The van der Waals surface area contributed by atoms with E-state index in [1.165, 1.54) is 24.2 Å². The Bertz CT molecular complexity index is 956. The molecule has 2 aromatic heterocycles. The molecule has 2 aromatic rings. The van der Waals surface area contributed by atoms with E-state index in [4.69, 9.17) is 4.74 Å². The van der Waals surface area contributed by atoms with Crippen molar-refractivity contribution < 1.29 is 13.2 Å². The number of piperazine rings is 1. The SMILES string of the molecule is Cc1ccc(S(=O)(=O)N2CCN3C[C@@H](Oc4cnc(C5CC5)cn4)C[C@H]3C2)s1. The second kappa shape index (κ2) is 7.05. The molecule has 0 amide bonds. The van der Waals surface area contributed by atoms with Gasteiger partial charge in [0.05, 0.1) is 18.1 Å². The van der Waals surface area contributed by atoms with Gasteiger partial charge in [0.15, 0.2) is 0 Å². The van der Waals surface area contributed by atoms with E-state index in [0.29, 0.717) is 29.1 Å². The van der Waals surface area contributed by atoms with Crippen molar-refractivity contribution in [1.29, 1.82) is 0 Å². The van der Waals surface area contributed by atoms with E-state index in [1.807, 2.05) is 19.2 Å². The van der Waals surface area contributed by atoms with Crippen molar-refractivity contribution in [2.24, 2.45) is 0 Å². The first kappa shape index (κ1) is 18.5. The van der Waals surface area contributed by atoms with Crippen molar-refractivity contribution in [3.8, 4) is 5.88 Å². The van der Waals surface area contributed by atoms with Gasteiger partial charge < -0.3 is 4.74 Å². The fraction of sp³-hybridized carbons (Fsp3) is 0.579. The van der Waals surface area contributed by atoms with Gasteiger partial charge in [-0.3, -0.25) is 9.88 Å². The zero-order chi connectivity index (χ0) is 19.3. The topological polar surface area (TPSA) is 75.6 Å². The zero-order valence-corrected chi connectivity index (χ0v) is 17.5. The molecule has 0 aromatic carbocycles. The van der Waals surface area contributed by atoms with Crippen LogP contribution in [0.2, 0.25) is 0 Å². The molecular weight excluding hydrogens is 396 g/mol. The Morgan fingerprint density at radius 3 is 2.68 bits per heavy atom. The molecule has 1 aliphatic carbocycles. The highest BCUT2D eigenvalue weighted by molar-refractivity contribution is 7.91. The number of aromatic nitrogens is 2. The predicted molar refractivity (Wildman–Crippen MR) is 106 cm³/mol. The number of ether oxygens (including phenoxy) is 1. The largest absolute Gasteiger partial charge is 0.472 e. The van der Waals surface area contributed by atoms with Crippen LogP contribution < -0.4 is 4.74 Å². The second-order valence-corrected chi connectivity index (χ2v) is 11.4. The number of hydrogen-bond donors (Lipinski definition) is 0. The maximum atomic E-state index is 12.9. The summed E-state index contributed by atoms with van der Waals surface area (Å²) in [4.78, 5) is 12.2. The average molecular weight is 421 g/mol. The van der Waals surface area contributed by atoms with Gasteiger partial charge in [-0.25, -0.2) is 13.4 Å². The fourth-order valence-electron chi connectivity index (χ4n) is 4.10. The van der Waals surface area contributed by atoms with Crippen LogP contribution in [0.25, 0.3) is 0 Å². The molecular formula is C19H24N4O3S2. The minimum absolute atomic E-state index is 0.0257. The van der Waals surface area contributed by atoms with Gasteiger partial charge in [-0.15, -0.1) is 11.3 Å². The zero-order valence-electron chi connectivity index (χ0n) is 15.8. The van der Waals surface area contributed by atoms with Crippen molar-refractivity contribution in [3.05, 3.63) is 35.1 Å². The summed E-state index contributed by atoms with van der Waals surface area (Å²) in [5, 5.41) is 0. The summed E-state index contributed by atoms with van der Waals surface area (Å²) in [5.41, 5.74) is 1.06. The van der Waals surface area contributed by atoms with Crippen LogP contribution in [0, 0.1) is 6.92 Å². The quantitative estimate of drug-likeness (QED) is 0.739. The summed E-state index contributed by atoms with van der Waals surface area (Å²) in [6.45, 7) is 4.52. The van der Waals surface area contributed by atoms with Gasteiger partial charge in [-0.1, -0.05) is 0 Å². The number of hydrogen-bond acceptors (Lipinski definition) is 7. The normalized spacial score (nSPS) is 26.3. The Balaban J connectivity index is 1.22. The molecule has 150 valence electrons. The average Bonchev–Trinajstić information content (AvgIpc) is 3.30. The molecule has 7 nitrogen and oxygen atoms in total. The summed E-state index contributed by atoms with van der Waals surface area (Å²) in [6, 6.07) is 3.77. The summed E-state index contributed by atoms with van der Waals surface area (Å²) in [5.74, 6) is 1.15. The van der Waals surface area contributed by atoms with Gasteiger partial charge >= 0.3 is 0 Å². The Kier molecular flexibility index (Phi) is 4.65. The fourth-order valence-corrected chi connectivity index (χ4v) is 7.00. The van der Waals surface area contributed by atoms with Crippen LogP contribution in [-0.4, -0.2) is 65.9 Å². The number of nitrogens with zero attached hydrogens (tertiary/aromatic N) is 4. The van der Waals surface area contributed by atoms with Gasteiger partial charge in [0.1, 0.15) is 10.3 Å². The minimum atomic E-state index is -3.40. The first-order chi connectivity index (χ1) is 13.5. The van der Waals surface area contributed by atoms with Crippen LogP contribution in [0.3, 0.4) is 0 Å². The van der Waals surface area contributed by atoms with Crippen LogP contribution in [0.4, 0.5) is 0 Å². The molecule has 28 heavy (non-hydrogen) atoms. The number of thiophene rings is 1. The lowest BCUT2D eigenvalue weighted by atomic mass is 10.2. The van der Waals surface area contributed by atoms with E-state index in [-0.39, 0.29) is 12.1 Å². The van der Waals surface area contributed by atoms with E-state index >= 15 is 0 Å². The third kappa shape index (κ3) is 3.56. The first-order valence-electron chi connectivity index (χ1n) is 9.78.